The number of hydrogen-bond donors (Lipinski definition) is 0. The number of aryl methyl sites for hydroxylation is 1. The van der Waals surface area contributed by atoms with Crippen LogP contribution in [0.3, 0.4) is 0 Å². The van der Waals surface area contributed by atoms with E-state index in [4.69, 9.17) is 5.10 Å². The summed E-state index contributed by atoms with van der Waals surface area (Å²) in [6.45, 7) is 11.0. The summed E-state index contributed by atoms with van der Waals surface area (Å²) in [5.41, 5.74) is 6.41. The number of carbonyl (C=O) groups excluding carboxylic acids is 1. The van der Waals surface area contributed by atoms with E-state index in [-0.39, 0.29) is 17.1 Å². The molecule has 44 heavy (non-hydrogen) atoms. The van der Waals surface area contributed by atoms with Crippen molar-refractivity contribution in [3.63, 3.8) is 0 Å². The van der Waals surface area contributed by atoms with Gasteiger partial charge in [-0.25, -0.2) is 13.4 Å². The van der Waals surface area contributed by atoms with Crippen LogP contribution in [-0.4, -0.2) is 30.0 Å². The van der Waals surface area contributed by atoms with Crippen LogP contribution in [0.4, 0.5) is 0 Å². The van der Waals surface area contributed by atoms with E-state index in [1.54, 1.807) is 41.5 Å². The summed E-state index contributed by atoms with van der Waals surface area (Å²) in [6.07, 6.45) is 4.17. The summed E-state index contributed by atoms with van der Waals surface area (Å²) in [7, 11) is -3.42. The second kappa shape index (κ2) is 12.5. The molecule has 1 amide bonds. The fourth-order valence-corrected chi connectivity index (χ4v) is 6.78. The molecule has 0 atom stereocenters. The van der Waals surface area contributed by atoms with Gasteiger partial charge >= 0.3 is 0 Å². The number of nitrogens with zero attached hydrogens (tertiary/aromatic N) is 3. The van der Waals surface area contributed by atoms with Gasteiger partial charge < -0.3 is 0 Å². The quantitative estimate of drug-likeness (QED) is 0.185. The molecular formula is C37H41N3O3S. The summed E-state index contributed by atoms with van der Waals surface area (Å²) in [4.78, 5) is 18.0. The maximum atomic E-state index is 13.2. The zero-order valence-corrected chi connectivity index (χ0v) is 27.1. The average molecular weight is 608 g/mol. The van der Waals surface area contributed by atoms with Gasteiger partial charge in [0.15, 0.2) is 9.84 Å². The largest absolute Gasteiger partial charge is 0.272 e. The highest BCUT2D eigenvalue weighted by Gasteiger charge is 2.42. The summed E-state index contributed by atoms with van der Waals surface area (Å²) in [5.74, 6) is -0.0351. The maximum absolute atomic E-state index is 13.2. The fourth-order valence-electron chi connectivity index (χ4n) is 5.43. The van der Waals surface area contributed by atoms with Crippen LogP contribution in [0.1, 0.15) is 69.7 Å². The Bertz CT molecular complexity index is 1740. The zero-order chi connectivity index (χ0) is 31.5. The molecular weight excluding hydrogens is 566 g/mol. The number of amides is 1. The van der Waals surface area contributed by atoms with Gasteiger partial charge in [0.2, 0.25) is 0 Å². The van der Waals surface area contributed by atoms with Gasteiger partial charge in [-0.15, -0.1) is 0 Å². The van der Waals surface area contributed by atoms with Crippen molar-refractivity contribution in [2.45, 2.75) is 76.5 Å². The van der Waals surface area contributed by atoms with Gasteiger partial charge in [-0.05, 0) is 79.0 Å². The normalized spacial score (nSPS) is 15.0. The van der Waals surface area contributed by atoms with Crippen LogP contribution < -0.4 is 0 Å². The van der Waals surface area contributed by atoms with Crippen molar-refractivity contribution in [3.8, 4) is 11.3 Å². The molecule has 0 spiro atoms. The highest BCUT2D eigenvalue weighted by atomic mass is 32.2. The van der Waals surface area contributed by atoms with Crippen LogP contribution in [-0.2, 0) is 38.8 Å². The Morgan fingerprint density at radius 1 is 0.773 bits per heavy atom. The molecule has 0 unspecified atom stereocenters. The first-order valence-electron chi connectivity index (χ1n) is 15.1. The van der Waals surface area contributed by atoms with Gasteiger partial charge in [-0.3, -0.25) is 9.78 Å². The molecule has 1 aromatic heterocycles. The van der Waals surface area contributed by atoms with E-state index in [0.29, 0.717) is 17.0 Å². The van der Waals surface area contributed by atoms with Gasteiger partial charge in [-0.1, -0.05) is 93.6 Å². The molecule has 0 radical (unpaired) electrons. The van der Waals surface area contributed by atoms with Gasteiger partial charge in [0.25, 0.3) is 5.91 Å². The van der Waals surface area contributed by atoms with Crippen LogP contribution in [0.25, 0.3) is 11.3 Å². The van der Waals surface area contributed by atoms with Crippen molar-refractivity contribution in [2.75, 3.05) is 0 Å². The third-order valence-electron chi connectivity index (χ3n) is 8.30. The lowest BCUT2D eigenvalue weighted by Gasteiger charge is -2.21. The van der Waals surface area contributed by atoms with E-state index in [1.807, 2.05) is 38.1 Å². The van der Waals surface area contributed by atoms with Crippen LogP contribution in [0.5, 0.6) is 0 Å². The van der Waals surface area contributed by atoms with Gasteiger partial charge in [0.05, 0.1) is 34.0 Å². The van der Waals surface area contributed by atoms with Crippen LogP contribution in [0.2, 0.25) is 0 Å². The van der Waals surface area contributed by atoms with Crippen molar-refractivity contribution >= 4 is 21.5 Å². The molecule has 0 saturated heterocycles. The first kappa shape index (κ1) is 31.3. The first-order valence-corrected chi connectivity index (χ1v) is 16.8. The molecule has 0 saturated carbocycles. The van der Waals surface area contributed by atoms with Crippen LogP contribution in [0.15, 0.2) is 107 Å². The van der Waals surface area contributed by atoms with Crippen LogP contribution >= 0.6 is 0 Å². The highest BCUT2D eigenvalue weighted by molar-refractivity contribution is 7.90. The summed E-state index contributed by atoms with van der Waals surface area (Å²) < 4.78 is 25.4. The Hall–Kier alpha value is -4.10. The highest BCUT2D eigenvalue weighted by Crippen LogP contribution is 2.32. The number of rotatable bonds is 10. The second-order valence-corrected chi connectivity index (χ2v) is 15.1. The number of aromatic nitrogens is 1. The summed E-state index contributed by atoms with van der Waals surface area (Å²) in [5, 5.41) is 6.40. The lowest BCUT2D eigenvalue weighted by atomic mass is 9.84. The predicted molar refractivity (Wildman–Crippen MR) is 177 cm³/mol. The smallest absolute Gasteiger partial charge is 0.254 e. The molecule has 0 fully saturated rings. The third-order valence-corrected chi connectivity index (χ3v) is 10.0. The minimum atomic E-state index is -3.42. The standard InChI is InChI=1S/C37H41N3O3S/c1-36(2,3)31-21-16-28(17-22-31)25-40-35(41)37(4,5)34(39-40)13-9-10-27-14-19-30(20-15-27)33-23-18-29(24-38-33)26-44(42,43)32-11-7-6-8-12-32/h6-8,11-12,14-24H,9-10,13,25-26H2,1-5H3. The van der Waals surface area contributed by atoms with Crippen molar-refractivity contribution in [2.24, 2.45) is 10.5 Å². The van der Waals surface area contributed by atoms with Crippen molar-refractivity contribution in [1.82, 2.24) is 9.99 Å². The Labute approximate surface area is 261 Å². The second-order valence-electron chi connectivity index (χ2n) is 13.2. The SMILES string of the molecule is CC1(C)C(=O)N(Cc2ccc(C(C)(C)C)cc2)N=C1CCCc1ccc(-c2ccc(CS(=O)(=O)c3ccccc3)cn2)cc1. The number of benzene rings is 3. The minimum Gasteiger partial charge on any atom is -0.272 e. The molecule has 1 aliphatic rings. The van der Waals surface area contributed by atoms with Gasteiger partial charge in [-0.2, -0.15) is 5.10 Å². The fraction of sp³-hybridized carbons (Fsp3) is 0.324. The van der Waals surface area contributed by atoms with Crippen LogP contribution in [0, 0.1) is 5.41 Å². The van der Waals surface area contributed by atoms with E-state index in [2.05, 4.69) is 62.2 Å². The number of hydrogen-bond acceptors (Lipinski definition) is 5. The third kappa shape index (κ3) is 7.16. The lowest BCUT2D eigenvalue weighted by Crippen LogP contribution is -2.34. The minimum absolute atomic E-state index is 0.0490. The van der Waals surface area contributed by atoms with E-state index in [9.17, 15) is 13.2 Å². The molecule has 7 heteroatoms. The predicted octanol–water partition coefficient (Wildman–Crippen LogP) is 7.77. The molecule has 0 N–H and O–H groups in total. The molecule has 0 bridgehead atoms. The molecule has 4 aromatic rings. The number of sulfone groups is 1. The molecule has 6 nitrogen and oxygen atoms in total. The molecule has 0 aliphatic carbocycles. The Morgan fingerprint density at radius 2 is 1.41 bits per heavy atom. The van der Waals surface area contributed by atoms with E-state index in [0.717, 1.165) is 41.8 Å². The Balaban J connectivity index is 1.16. The van der Waals surface area contributed by atoms with Crippen molar-refractivity contribution in [1.29, 1.82) is 0 Å². The molecule has 2 heterocycles. The number of pyridine rings is 1. The molecule has 228 valence electrons. The van der Waals surface area contributed by atoms with E-state index < -0.39 is 15.3 Å². The summed E-state index contributed by atoms with van der Waals surface area (Å²) in [6, 6.07) is 28.9. The van der Waals surface area contributed by atoms with Gasteiger partial charge in [0.1, 0.15) is 0 Å². The lowest BCUT2D eigenvalue weighted by molar-refractivity contribution is -0.135. The topological polar surface area (TPSA) is 79.7 Å². The summed E-state index contributed by atoms with van der Waals surface area (Å²) >= 11 is 0. The maximum Gasteiger partial charge on any atom is 0.254 e. The average Bonchev–Trinajstić information content (AvgIpc) is 3.21. The van der Waals surface area contributed by atoms with Gasteiger partial charge in [0, 0.05) is 11.8 Å². The van der Waals surface area contributed by atoms with Crippen molar-refractivity contribution in [3.05, 3.63) is 119 Å². The number of carbonyl (C=O) groups is 1. The van der Waals surface area contributed by atoms with E-state index >= 15 is 0 Å². The Morgan fingerprint density at radius 3 is 2.02 bits per heavy atom. The first-order chi connectivity index (χ1) is 20.8. The monoisotopic (exact) mass is 607 g/mol. The number of hydrazone groups is 1. The zero-order valence-electron chi connectivity index (χ0n) is 26.2. The van der Waals surface area contributed by atoms with E-state index in [1.165, 1.54) is 11.1 Å². The molecule has 5 rings (SSSR count). The van der Waals surface area contributed by atoms with Crippen molar-refractivity contribution < 1.29 is 13.2 Å². The molecule has 1 aliphatic heterocycles. The molecule has 3 aromatic carbocycles. The Kier molecular flexibility index (Phi) is 8.89.